The summed E-state index contributed by atoms with van der Waals surface area (Å²) in [7, 11) is 3.04. The normalized spacial score (nSPS) is 16.4. The van der Waals surface area contributed by atoms with Crippen LogP contribution in [0.5, 0.6) is 11.5 Å². The summed E-state index contributed by atoms with van der Waals surface area (Å²) in [5, 5.41) is 3.22. The maximum atomic E-state index is 12.1. The van der Waals surface area contributed by atoms with Gasteiger partial charge >= 0.3 is 0 Å². The number of hydrogen-bond donors (Lipinski definition) is 1. The lowest BCUT2D eigenvalue weighted by Crippen LogP contribution is -2.49. The molecule has 1 saturated heterocycles. The maximum absolute atomic E-state index is 12.1. The lowest BCUT2D eigenvalue weighted by molar-refractivity contribution is -0.151. The second-order valence-electron chi connectivity index (χ2n) is 4.69. The Morgan fingerprint density at radius 2 is 1.95 bits per heavy atom. The van der Waals surface area contributed by atoms with Crippen molar-refractivity contribution in [2.24, 2.45) is 5.41 Å². The third-order valence-corrected chi connectivity index (χ3v) is 3.41. The molecule has 0 unspecified atom stereocenters. The fraction of sp³-hybridized carbons (Fsp3) is 0.462. The summed E-state index contributed by atoms with van der Waals surface area (Å²) in [6.45, 7) is 2.69. The topological polar surface area (TPSA) is 56.8 Å². The molecule has 0 saturated carbocycles. The third-order valence-electron chi connectivity index (χ3n) is 3.11. The quantitative estimate of drug-likeness (QED) is 0.922. The van der Waals surface area contributed by atoms with Crippen molar-refractivity contribution in [3.05, 3.63) is 17.2 Å². The molecule has 1 aliphatic heterocycles. The minimum Gasteiger partial charge on any atom is -0.495 e. The maximum Gasteiger partial charge on any atom is 0.235 e. The largest absolute Gasteiger partial charge is 0.495 e. The molecule has 1 N–H and O–H groups in total. The van der Waals surface area contributed by atoms with Crippen molar-refractivity contribution in [3.63, 3.8) is 0 Å². The van der Waals surface area contributed by atoms with E-state index >= 15 is 0 Å². The number of hydrogen-bond acceptors (Lipinski definition) is 4. The van der Waals surface area contributed by atoms with E-state index in [1.165, 1.54) is 14.2 Å². The predicted molar refractivity (Wildman–Crippen MR) is 72.1 cm³/mol. The Hall–Kier alpha value is -1.46. The molecule has 2 rings (SSSR count). The van der Waals surface area contributed by atoms with Crippen LogP contribution in [0.15, 0.2) is 12.1 Å². The van der Waals surface area contributed by atoms with Crippen LogP contribution in [-0.4, -0.2) is 33.3 Å². The van der Waals surface area contributed by atoms with Crippen LogP contribution in [0, 0.1) is 5.41 Å². The molecule has 5 nitrogen and oxygen atoms in total. The number of carbonyl (C=O) groups is 1. The highest BCUT2D eigenvalue weighted by atomic mass is 35.5. The van der Waals surface area contributed by atoms with Crippen LogP contribution in [0.3, 0.4) is 0 Å². The second-order valence-corrected chi connectivity index (χ2v) is 5.10. The summed E-state index contributed by atoms with van der Waals surface area (Å²) in [5.41, 5.74) is 0.0312. The number of nitrogens with one attached hydrogen (secondary N) is 1. The van der Waals surface area contributed by atoms with E-state index < -0.39 is 5.41 Å². The summed E-state index contributed by atoms with van der Waals surface area (Å²) in [6.07, 6.45) is 0. The zero-order valence-electron chi connectivity index (χ0n) is 11.1. The predicted octanol–water partition coefficient (Wildman–Crippen LogP) is 2.33. The molecule has 1 amide bonds. The van der Waals surface area contributed by atoms with Gasteiger partial charge in [0.25, 0.3) is 0 Å². The molecule has 0 atom stereocenters. The van der Waals surface area contributed by atoms with Gasteiger partial charge < -0.3 is 19.5 Å². The van der Waals surface area contributed by atoms with Gasteiger partial charge in [-0.25, -0.2) is 0 Å². The van der Waals surface area contributed by atoms with E-state index in [2.05, 4.69) is 5.32 Å². The molecule has 6 heteroatoms. The van der Waals surface area contributed by atoms with Crippen LogP contribution in [0.1, 0.15) is 6.92 Å². The first-order chi connectivity index (χ1) is 9.00. The summed E-state index contributed by atoms with van der Waals surface area (Å²) in [5.74, 6) is 0.881. The average molecular weight is 286 g/mol. The van der Waals surface area contributed by atoms with Crippen molar-refractivity contribution in [2.75, 3.05) is 32.8 Å². The summed E-state index contributed by atoms with van der Waals surface area (Å²) in [6, 6.07) is 3.25. The van der Waals surface area contributed by atoms with Gasteiger partial charge in [0.15, 0.2) is 0 Å². The lowest BCUT2D eigenvalue weighted by Gasteiger charge is -2.36. The number of rotatable bonds is 4. The highest BCUT2D eigenvalue weighted by molar-refractivity contribution is 6.32. The first-order valence-corrected chi connectivity index (χ1v) is 6.18. The molecule has 0 spiro atoms. The third kappa shape index (κ3) is 2.62. The van der Waals surface area contributed by atoms with Gasteiger partial charge in [-0.2, -0.15) is 0 Å². The fourth-order valence-electron chi connectivity index (χ4n) is 1.77. The molecule has 0 radical (unpaired) electrons. The van der Waals surface area contributed by atoms with Crippen LogP contribution in [0.25, 0.3) is 0 Å². The van der Waals surface area contributed by atoms with Crippen LogP contribution in [0.2, 0.25) is 5.02 Å². The average Bonchev–Trinajstić information content (AvgIpc) is 2.36. The van der Waals surface area contributed by atoms with Gasteiger partial charge in [-0.05, 0) is 13.0 Å². The number of ether oxygens (including phenoxy) is 3. The number of amides is 1. The molecule has 1 aliphatic rings. The van der Waals surface area contributed by atoms with E-state index in [0.29, 0.717) is 35.4 Å². The number of benzene rings is 1. The van der Waals surface area contributed by atoms with E-state index in [-0.39, 0.29) is 5.91 Å². The number of methoxy groups -OCH3 is 2. The molecule has 19 heavy (non-hydrogen) atoms. The van der Waals surface area contributed by atoms with Crippen LogP contribution < -0.4 is 14.8 Å². The molecule has 0 bridgehead atoms. The highest BCUT2D eigenvalue weighted by Gasteiger charge is 2.41. The SMILES string of the molecule is COc1cc(OC)c(NC(=O)C2(C)COC2)cc1Cl. The Balaban J connectivity index is 2.24. The standard InChI is InChI=1S/C13H16ClNO4/c1-13(6-19-7-13)12(16)15-9-4-8(14)10(17-2)5-11(9)18-3/h4-5H,6-7H2,1-3H3,(H,15,16). The van der Waals surface area contributed by atoms with Gasteiger partial charge in [0, 0.05) is 6.07 Å². The number of anilines is 1. The van der Waals surface area contributed by atoms with E-state index in [1.54, 1.807) is 12.1 Å². The monoisotopic (exact) mass is 285 g/mol. The summed E-state index contributed by atoms with van der Waals surface area (Å²) < 4.78 is 15.4. The highest BCUT2D eigenvalue weighted by Crippen LogP contribution is 2.37. The number of carbonyl (C=O) groups excluding carboxylic acids is 1. The van der Waals surface area contributed by atoms with Crippen LogP contribution >= 0.6 is 11.6 Å². The molecular weight excluding hydrogens is 270 g/mol. The molecule has 0 aromatic heterocycles. The van der Waals surface area contributed by atoms with E-state index in [1.807, 2.05) is 6.92 Å². The Bertz CT molecular complexity index is 500. The van der Waals surface area contributed by atoms with Crippen molar-refractivity contribution in [1.82, 2.24) is 0 Å². The Morgan fingerprint density at radius 1 is 1.32 bits per heavy atom. The van der Waals surface area contributed by atoms with Crippen molar-refractivity contribution in [3.8, 4) is 11.5 Å². The second kappa shape index (κ2) is 5.27. The molecule has 104 valence electrons. The minimum absolute atomic E-state index is 0.113. The first-order valence-electron chi connectivity index (χ1n) is 5.81. The van der Waals surface area contributed by atoms with Crippen molar-refractivity contribution < 1.29 is 19.0 Å². The van der Waals surface area contributed by atoms with E-state index in [4.69, 9.17) is 25.8 Å². The zero-order valence-corrected chi connectivity index (χ0v) is 11.8. The van der Waals surface area contributed by atoms with Crippen molar-refractivity contribution in [2.45, 2.75) is 6.92 Å². The van der Waals surface area contributed by atoms with Gasteiger partial charge in [0.05, 0.1) is 43.6 Å². The summed E-state index contributed by atoms with van der Waals surface area (Å²) in [4.78, 5) is 12.1. The van der Waals surface area contributed by atoms with Gasteiger partial charge in [0.1, 0.15) is 11.5 Å². The molecule has 1 heterocycles. The van der Waals surface area contributed by atoms with Gasteiger partial charge in [-0.3, -0.25) is 4.79 Å². The van der Waals surface area contributed by atoms with E-state index in [0.717, 1.165) is 0 Å². The fourth-order valence-corrected chi connectivity index (χ4v) is 2.01. The zero-order chi connectivity index (χ0) is 14.0. The molecule has 1 fully saturated rings. The van der Waals surface area contributed by atoms with Crippen molar-refractivity contribution >= 4 is 23.2 Å². The van der Waals surface area contributed by atoms with Gasteiger partial charge in [-0.1, -0.05) is 11.6 Å². The Labute approximate surface area is 116 Å². The van der Waals surface area contributed by atoms with Gasteiger partial charge in [0.2, 0.25) is 5.91 Å². The molecule has 1 aromatic rings. The number of halogens is 1. The first kappa shape index (κ1) is 14.0. The Morgan fingerprint density at radius 3 is 2.42 bits per heavy atom. The summed E-state index contributed by atoms with van der Waals surface area (Å²) >= 11 is 6.05. The smallest absolute Gasteiger partial charge is 0.235 e. The van der Waals surface area contributed by atoms with Crippen LogP contribution in [0.4, 0.5) is 5.69 Å². The van der Waals surface area contributed by atoms with Gasteiger partial charge in [-0.15, -0.1) is 0 Å². The van der Waals surface area contributed by atoms with Crippen LogP contribution in [-0.2, 0) is 9.53 Å². The molecule has 1 aromatic carbocycles. The van der Waals surface area contributed by atoms with E-state index in [9.17, 15) is 4.79 Å². The van der Waals surface area contributed by atoms with Crippen molar-refractivity contribution in [1.29, 1.82) is 0 Å². The Kier molecular flexibility index (Phi) is 3.87. The molecular formula is C13H16ClNO4. The molecule has 0 aliphatic carbocycles. The minimum atomic E-state index is -0.489. The lowest BCUT2D eigenvalue weighted by atomic mass is 9.87.